The van der Waals surface area contributed by atoms with Gasteiger partial charge in [-0.25, -0.2) is 14.4 Å². The molecule has 0 N–H and O–H groups in total. The van der Waals surface area contributed by atoms with E-state index in [1.165, 1.54) is 13.2 Å². The van der Waals surface area contributed by atoms with E-state index < -0.39 is 5.82 Å². The molecule has 0 aliphatic carbocycles. The Labute approximate surface area is 133 Å². The lowest BCUT2D eigenvalue weighted by molar-refractivity contribution is 0.411. The van der Waals surface area contributed by atoms with Crippen molar-refractivity contribution in [1.82, 2.24) is 9.97 Å². The summed E-state index contributed by atoms with van der Waals surface area (Å²) in [4.78, 5) is 8.55. The monoisotopic (exact) mass is 366 g/mol. The SMILES string of the molecule is COc1ccc(-c2nc(Cl)c3ccc(Br)cc3n2)c(F)c1. The molecule has 3 rings (SSSR count). The van der Waals surface area contributed by atoms with E-state index >= 15 is 0 Å². The first-order valence-electron chi connectivity index (χ1n) is 6.05. The highest BCUT2D eigenvalue weighted by atomic mass is 79.9. The normalized spacial score (nSPS) is 10.9. The number of ether oxygens (including phenoxy) is 1. The van der Waals surface area contributed by atoms with Crippen molar-refractivity contribution >= 4 is 38.4 Å². The predicted molar refractivity (Wildman–Crippen MR) is 84.2 cm³/mol. The molecule has 1 aromatic heterocycles. The molecule has 0 unspecified atom stereocenters. The number of nitrogens with zero attached hydrogens (tertiary/aromatic N) is 2. The summed E-state index contributed by atoms with van der Waals surface area (Å²) in [5, 5.41) is 1.01. The highest BCUT2D eigenvalue weighted by Gasteiger charge is 2.13. The van der Waals surface area contributed by atoms with Gasteiger partial charge < -0.3 is 4.74 Å². The molecule has 0 aliphatic rings. The van der Waals surface area contributed by atoms with Crippen molar-refractivity contribution in [1.29, 1.82) is 0 Å². The Kier molecular flexibility index (Phi) is 3.78. The molecule has 3 nitrogen and oxygen atoms in total. The van der Waals surface area contributed by atoms with Crippen LogP contribution in [0.1, 0.15) is 0 Å². The Morgan fingerprint density at radius 3 is 2.67 bits per heavy atom. The van der Waals surface area contributed by atoms with Crippen LogP contribution in [-0.2, 0) is 0 Å². The minimum Gasteiger partial charge on any atom is -0.497 e. The Balaban J connectivity index is 2.21. The average molecular weight is 368 g/mol. The zero-order chi connectivity index (χ0) is 15.0. The second-order valence-corrected chi connectivity index (χ2v) is 5.62. The van der Waals surface area contributed by atoms with E-state index in [2.05, 4.69) is 25.9 Å². The van der Waals surface area contributed by atoms with Gasteiger partial charge >= 0.3 is 0 Å². The van der Waals surface area contributed by atoms with Crippen LogP contribution in [0, 0.1) is 5.82 Å². The number of aromatic nitrogens is 2. The molecule has 2 aromatic carbocycles. The first kappa shape index (κ1) is 14.2. The molecular formula is C15H9BrClFN2O. The Morgan fingerprint density at radius 2 is 1.95 bits per heavy atom. The van der Waals surface area contributed by atoms with Gasteiger partial charge in [0.05, 0.1) is 18.2 Å². The lowest BCUT2D eigenvalue weighted by Gasteiger charge is -2.07. The number of rotatable bonds is 2. The van der Waals surface area contributed by atoms with E-state index in [4.69, 9.17) is 16.3 Å². The fourth-order valence-corrected chi connectivity index (χ4v) is 2.58. The zero-order valence-electron chi connectivity index (χ0n) is 10.9. The van der Waals surface area contributed by atoms with E-state index in [1.807, 2.05) is 18.2 Å². The van der Waals surface area contributed by atoms with Crippen molar-refractivity contribution in [3.05, 3.63) is 51.8 Å². The molecule has 0 bridgehead atoms. The van der Waals surface area contributed by atoms with Gasteiger partial charge in [-0.3, -0.25) is 0 Å². The number of benzene rings is 2. The molecule has 0 saturated heterocycles. The van der Waals surface area contributed by atoms with Crippen LogP contribution in [0.5, 0.6) is 5.75 Å². The first-order valence-corrected chi connectivity index (χ1v) is 7.22. The second-order valence-electron chi connectivity index (χ2n) is 4.35. The third-order valence-electron chi connectivity index (χ3n) is 3.03. The molecule has 21 heavy (non-hydrogen) atoms. The molecule has 106 valence electrons. The Morgan fingerprint density at radius 1 is 1.14 bits per heavy atom. The first-order chi connectivity index (χ1) is 10.1. The van der Waals surface area contributed by atoms with Gasteiger partial charge in [-0.05, 0) is 30.3 Å². The quantitative estimate of drug-likeness (QED) is 0.607. The number of methoxy groups -OCH3 is 1. The maximum absolute atomic E-state index is 14.1. The van der Waals surface area contributed by atoms with Crippen molar-refractivity contribution in [2.24, 2.45) is 0 Å². The third kappa shape index (κ3) is 2.71. The van der Waals surface area contributed by atoms with Crippen molar-refractivity contribution in [3.63, 3.8) is 0 Å². The van der Waals surface area contributed by atoms with Crippen LogP contribution in [0.25, 0.3) is 22.3 Å². The summed E-state index contributed by atoms with van der Waals surface area (Å²) in [6.45, 7) is 0. The van der Waals surface area contributed by atoms with E-state index in [-0.39, 0.29) is 16.5 Å². The maximum atomic E-state index is 14.1. The van der Waals surface area contributed by atoms with Crippen molar-refractivity contribution in [2.75, 3.05) is 7.11 Å². The van der Waals surface area contributed by atoms with Crippen LogP contribution >= 0.6 is 27.5 Å². The fraction of sp³-hybridized carbons (Fsp3) is 0.0667. The molecule has 6 heteroatoms. The third-order valence-corrected chi connectivity index (χ3v) is 3.81. The van der Waals surface area contributed by atoms with Gasteiger partial charge in [-0.2, -0.15) is 0 Å². The van der Waals surface area contributed by atoms with E-state index in [9.17, 15) is 4.39 Å². The van der Waals surface area contributed by atoms with Crippen molar-refractivity contribution < 1.29 is 9.13 Å². The largest absolute Gasteiger partial charge is 0.497 e. The highest BCUT2D eigenvalue weighted by Crippen LogP contribution is 2.29. The van der Waals surface area contributed by atoms with Gasteiger partial charge in [-0.15, -0.1) is 0 Å². The molecule has 3 aromatic rings. The molecule has 1 heterocycles. The summed E-state index contributed by atoms with van der Waals surface area (Å²) in [6, 6.07) is 10.00. The summed E-state index contributed by atoms with van der Waals surface area (Å²) in [7, 11) is 1.48. The van der Waals surface area contributed by atoms with Gasteiger partial charge in [-0.1, -0.05) is 27.5 Å². The summed E-state index contributed by atoms with van der Waals surface area (Å²) in [5.41, 5.74) is 0.925. The number of fused-ring (bicyclic) bond motifs is 1. The second kappa shape index (κ2) is 5.58. The van der Waals surface area contributed by atoms with Gasteiger partial charge in [0.15, 0.2) is 5.82 Å². The smallest absolute Gasteiger partial charge is 0.164 e. The molecule has 0 amide bonds. The topological polar surface area (TPSA) is 35.0 Å². The molecule has 0 saturated carbocycles. The number of halogens is 3. The van der Waals surface area contributed by atoms with Gasteiger partial charge in [0.1, 0.15) is 16.7 Å². The molecular weight excluding hydrogens is 359 g/mol. The zero-order valence-corrected chi connectivity index (χ0v) is 13.2. The summed E-state index contributed by atoms with van der Waals surface area (Å²) in [5.74, 6) is 0.219. The molecule has 0 fully saturated rings. The average Bonchev–Trinajstić information content (AvgIpc) is 2.46. The molecule has 0 aliphatic heterocycles. The van der Waals surface area contributed by atoms with Crippen molar-refractivity contribution in [3.8, 4) is 17.1 Å². The summed E-state index contributed by atoms with van der Waals surface area (Å²) >= 11 is 9.54. The minimum atomic E-state index is -0.459. The Bertz CT molecular complexity index is 841. The predicted octanol–water partition coefficient (Wildman–Crippen LogP) is 4.86. The molecule has 0 spiro atoms. The van der Waals surface area contributed by atoms with Crippen LogP contribution in [-0.4, -0.2) is 17.1 Å². The van der Waals surface area contributed by atoms with Crippen LogP contribution < -0.4 is 4.74 Å². The van der Waals surface area contributed by atoms with Crippen LogP contribution in [0.2, 0.25) is 5.15 Å². The fourth-order valence-electron chi connectivity index (χ4n) is 1.99. The standard InChI is InChI=1S/C15H9BrClFN2O/c1-21-9-3-5-10(12(18)7-9)15-19-13-6-8(16)2-4-11(13)14(17)20-15/h2-7H,1H3. The van der Waals surface area contributed by atoms with E-state index in [0.717, 1.165) is 9.86 Å². The Hall–Kier alpha value is -1.72. The maximum Gasteiger partial charge on any atom is 0.164 e. The molecule has 0 atom stereocenters. The van der Waals surface area contributed by atoms with Crippen LogP contribution in [0.3, 0.4) is 0 Å². The summed E-state index contributed by atoms with van der Waals surface area (Å²) in [6.07, 6.45) is 0. The minimum absolute atomic E-state index is 0.241. The van der Waals surface area contributed by atoms with E-state index in [1.54, 1.807) is 12.1 Å². The summed E-state index contributed by atoms with van der Waals surface area (Å²) < 4.78 is 20.0. The molecule has 0 radical (unpaired) electrons. The highest BCUT2D eigenvalue weighted by molar-refractivity contribution is 9.10. The number of hydrogen-bond acceptors (Lipinski definition) is 3. The lowest BCUT2D eigenvalue weighted by Crippen LogP contribution is -1.95. The van der Waals surface area contributed by atoms with Gasteiger partial charge in [0, 0.05) is 15.9 Å². The van der Waals surface area contributed by atoms with Gasteiger partial charge in [0.25, 0.3) is 0 Å². The van der Waals surface area contributed by atoms with Gasteiger partial charge in [0.2, 0.25) is 0 Å². The van der Waals surface area contributed by atoms with Crippen molar-refractivity contribution in [2.45, 2.75) is 0 Å². The lowest BCUT2D eigenvalue weighted by atomic mass is 10.1. The van der Waals surface area contributed by atoms with E-state index in [0.29, 0.717) is 11.3 Å². The van der Waals surface area contributed by atoms with Crippen LogP contribution in [0.15, 0.2) is 40.9 Å². The number of hydrogen-bond donors (Lipinski definition) is 0. The van der Waals surface area contributed by atoms with Crippen LogP contribution in [0.4, 0.5) is 4.39 Å².